The number of rotatable bonds is 24. The molecule has 13 aliphatic rings. The van der Waals surface area contributed by atoms with E-state index in [0.29, 0.717) is 103 Å². The summed E-state index contributed by atoms with van der Waals surface area (Å²) in [6.07, 6.45) is 0.519. The minimum Gasteiger partial charge on any atom is -0.493 e. The highest BCUT2D eigenvalue weighted by Crippen LogP contribution is 2.52. The maximum absolute atomic E-state index is 7.35. The fraction of sp³-hybridized carbons (Fsp3) is 0.739. The Hall–Kier alpha value is -4.72. The standard InChI is InChI=1S/C92H128O24/c1-21-33-93-65-53-37-49(25-29-61-69-73(105-85(5,6)101-69)77-81(97-61)113-89(13,14)109-77)38-54(65)46-56-40-51(27-31-63-71-75(107-87(9,10)103-71)79-83(99-63)115-91(17,18)111-79)42-58(67(56)95-35-23-3)48-60-44-52(28-32-64-72-76(108-88(11,12)104-72)80-84(100-64)116-92(19,20)112-80)43-59(68(60)96-36-24-4)47-57-41-50(39-55(45-53)66(57)94-34-22-2)26-30-62-70-74(106-86(7,8)102-70)78-82(98-62)114-90(15,16)110-78/h37-44,61-64,69-84H,21-36,45-48H2,1-20H3/t61-,62-,63-,64-,69+,70+,71+,72+,73+,74+,75+,76+,77-,78-,79-,80-,81-,82-,83-,84-/m1/s1. The lowest BCUT2D eigenvalue weighted by molar-refractivity contribution is -0.235. The van der Waals surface area contributed by atoms with Gasteiger partial charge in [0.25, 0.3) is 0 Å². The van der Waals surface area contributed by atoms with Gasteiger partial charge >= 0.3 is 0 Å². The molecule has 0 spiro atoms. The van der Waals surface area contributed by atoms with Crippen LogP contribution in [0, 0.1) is 0 Å². The van der Waals surface area contributed by atoms with Crippen molar-refractivity contribution < 1.29 is 114 Å². The van der Waals surface area contributed by atoms with Crippen molar-refractivity contribution in [2.45, 2.75) is 410 Å². The molecule has 24 nitrogen and oxygen atoms in total. The summed E-state index contributed by atoms with van der Waals surface area (Å²) in [5, 5.41) is 0. The molecule has 12 heterocycles. The summed E-state index contributed by atoms with van der Waals surface area (Å²) in [6.45, 7) is 41.7. The lowest BCUT2D eigenvalue weighted by Crippen LogP contribution is -2.55. The van der Waals surface area contributed by atoms with Crippen LogP contribution in [0.15, 0.2) is 48.5 Å². The second-order valence-electron chi connectivity index (χ2n) is 38.1. The highest BCUT2D eigenvalue weighted by molar-refractivity contribution is 5.59. The molecule has 17 rings (SSSR count). The molecule has 12 aliphatic heterocycles. The Balaban J connectivity index is 0.824. The molecule has 0 saturated carbocycles. The molecule has 0 unspecified atom stereocenters. The van der Waals surface area contributed by atoms with Crippen LogP contribution < -0.4 is 18.9 Å². The second kappa shape index (κ2) is 31.9. The first-order chi connectivity index (χ1) is 55.0. The molecular weight excluding hydrogens is 1490 g/mol. The predicted molar refractivity (Wildman–Crippen MR) is 424 cm³/mol. The summed E-state index contributed by atoms with van der Waals surface area (Å²) < 4.78 is 163. The van der Waals surface area contributed by atoms with Gasteiger partial charge in [0, 0.05) is 25.7 Å². The van der Waals surface area contributed by atoms with Gasteiger partial charge in [-0.25, -0.2) is 0 Å². The van der Waals surface area contributed by atoms with Crippen LogP contribution in [0.2, 0.25) is 0 Å². The number of fused-ring (bicyclic) bond motifs is 20. The highest BCUT2D eigenvalue weighted by atomic mass is 16.9. The van der Waals surface area contributed by atoms with Gasteiger partial charge in [-0.1, -0.05) is 76.2 Å². The van der Waals surface area contributed by atoms with Crippen LogP contribution in [0.3, 0.4) is 0 Å². The topological polar surface area (TPSA) is 222 Å². The van der Waals surface area contributed by atoms with E-state index in [9.17, 15) is 0 Å². The van der Waals surface area contributed by atoms with Crippen LogP contribution in [0.25, 0.3) is 0 Å². The SMILES string of the molecule is CCCOc1c2cc(CC[C@H]3O[C@@H]4OC(C)(C)O[C@@H]4[C@H]4OC(C)(C)O[C@H]43)cc1Cc1cc(CC[C@H]3O[C@@H]4OC(C)(C)O[C@@H]4[C@H]4OC(C)(C)O[C@H]43)cc(c1OCCC)Cc1cc(CC[C@H]3O[C@@H]4OC(C)(C)O[C@@H]4[C@H]4OC(C)(C)O[C@H]43)cc(c1OCCC)Cc1cc(CC[C@H]3O[C@@H]4OC(C)(C)O[C@@H]4[C@H]4OC(C)(C)O[C@H]43)cc(c1OCCC)C2. The van der Waals surface area contributed by atoms with Crippen molar-refractivity contribution in [2.75, 3.05) is 26.4 Å². The summed E-state index contributed by atoms with van der Waals surface area (Å²) in [7, 11) is 0. The van der Waals surface area contributed by atoms with Gasteiger partial charge in [0.15, 0.2) is 71.5 Å². The quantitative estimate of drug-likeness (QED) is 0.0560. The molecule has 0 N–H and O–H groups in total. The number of aryl methyl sites for hydroxylation is 4. The summed E-state index contributed by atoms with van der Waals surface area (Å²) in [4.78, 5) is 0. The van der Waals surface area contributed by atoms with Gasteiger partial charge in [-0.05, 0) is 255 Å². The number of hydrogen-bond acceptors (Lipinski definition) is 24. The summed E-state index contributed by atoms with van der Waals surface area (Å²) in [5.74, 6) is -3.67. The molecule has 0 radical (unpaired) electrons. The molecule has 20 atom stereocenters. The van der Waals surface area contributed by atoms with E-state index in [-0.39, 0.29) is 0 Å². The zero-order chi connectivity index (χ0) is 81.6. The van der Waals surface area contributed by atoms with Crippen molar-refractivity contribution in [3.8, 4) is 23.0 Å². The van der Waals surface area contributed by atoms with E-state index in [1.807, 2.05) is 111 Å². The van der Waals surface area contributed by atoms with Crippen molar-refractivity contribution in [2.24, 2.45) is 0 Å². The second-order valence-corrected chi connectivity index (χ2v) is 38.1. The van der Waals surface area contributed by atoms with E-state index in [1.54, 1.807) is 0 Å². The van der Waals surface area contributed by atoms with E-state index in [4.69, 9.17) is 114 Å². The average Bonchev–Trinajstić information content (AvgIpc) is 1.60. The van der Waals surface area contributed by atoms with Gasteiger partial charge in [-0.3, -0.25) is 0 Å². The molecule has 4 aromatic rings. The monoisotopic (exact) mass is 1620 g/mol. The molecule has 0 amide bonds. The van der Waals surface area contributed by atoms with Gasteiger partial charge in [0.05, 0.1) is 50.8 Å². The Morgan fingerprint density at radius 1 is 0.233 bits per heavy atom. The van der Waals surface area contributed by atoms with Crippen molar-refractivity contribution in [1.82, 2.24) is 0 Å². The Labute approximate surface area is 685 Å². The Bertz CT molecular complexity index is 3580. The Morgan fingerprint density at radius 3 is 0.578 bits per heavy atom. The maximum Gasteiger partial charge on any atom is 0.190 e. The first-order valence-electron chi connectivity index (χ1n) is 43.6. The smallest absolute Gasteiger partial charge is 0.190 e. The first-order valence-corrected chi connectivity index (χ1v) is 43.6. The summed E-state index contributed by atoms with van der Waals surface area (Å²) >= 11 is 0. The largest absolute Gasteiger partial charge is 0.493 e. The number of hydrogen-bond donors (Lipinski definition) is 0. The molecule has 116 heavy (non-hydrogen) atoms. The molecule has 4 aromatic carbocycles. The predicted octanol–water partition coefficient (Wildman–Crippen LogP) is 14.8. The minimum atomic E-state index is -0.875. The lowest BCUT2D eigenvalue weighted by atomic mass is 9.86. The van der Waals surface area contributed by atoms with E-state index >= 15 is 0 Å². The van der Waals surface area contributed by atoms with Crippen molar-refractivity contribution in [3.05, 3.63) is 115 Å². The Kier molecular flexibility index (Phi) is 23.0. The molecular formula is C92H128O24. The van der Waals surface area contributed by atoms with E-state index < -0.39 is 169 Å². The lowest BCUT2D eigenvalue weighted by Gasteiger charge is -2.37. The maximum atomic E-state index is 7.35. The van der Waals surface area contributed by atoms with Crippen LogP contribution in [0.5, 0.6) is 23.0 Å². The summed E-state index contributed by atoms with van der Waals surface area (Å²) in [5.41, 5.74) is 12.6. The molecule has 640 valence electrons. The van der Waals surface area contributed by atoms with Crippen LogP contribution in [-0.2, 0) is 146 Å². The fourth-order valence-electron chi connectivity index (χ4n) is 20.3. The van der Waals surface area contributed by atoms with Crippen molar-refractivity contribution >= 4 is 0 Å². The third-order valence-corrected chi connectivity index (χ3v) is 24.4. The molecule has 24 heteroatoms. The minimum absolute atomic E-state index is 0.394. The highest BCUT2D eigenvalue weighted by Gasteiger charge is 2.65. The van der Waals surface area contributed by atoms with Gasteiger partial charge in [-0.2, -0.15) is 0 Å². The first kappa shape index (κ1) is 83.5. The van der Waals surface area contributed by atoms with Gasteiger partial charge in [0.1, 0.15) is 96.2 Å². The van der Waals surface area contributed by atoms with Crippen molar-refractivity contribution in [3.63, 3.8) is 0 Å². The van der Waals surface area contributed by atoms with Crippen LogP contribution in [0.4, 0.5) is 0 Å². The van der Waals surface area contributed by atoms with Crippen LogP contribution in [0.1, 0.15) is 257 Å². The molecule has 8 bridgehead atoms. The third kappa shape index (κ3) is 17.4. The zero-order valence-electron chi connectivity index (χ0n) is 72.1. The van der Waals surface area contributed by atoms with E-state index in [2.05, 4.69) is 76.2 Å². The van der Waals surface area contributed by atoms with Crippen LogP contribution >= 0.6 is 0 Å². The van der Waals surface area contributed by atoms with Crippen molar-refractivity contribution in [1.29, 1.82) is 0 Å². The average molecular weight is 1620 g/mol. The van der Waals surface area contributed by atoms with E-state index in [0.717, 1.165) is 115 Å². The Morgan fingerprint density at radius 2 is 0.397 bits per heavy atom. The molecule has 12 saturated heterocycles. The van der Waals surface area contributed by atoms with Gasteiger partial charge < -0.3 is 114 Å². The van der Waals surface area contributed by atoms with Gasteiger partial charge in [0.2, 0.25) is 0 Å². The third-order valence-electron chi connectivity index (χ3n) is 24.4. The van der Waals surface area contributed by atoms with Crippen LogP contribution in [-0.4, -0.2) is 196 Å². The fourth-order valence-corrected chi connectivity index (χ4v) is 20.3. The molecule has 12 fully saturated rings. The zero-order valence-corrected chi connectivity index (χ0v) is 72.1. The number of ether oxygens (including phenoxy) is 24. The normalized spacial score (nSPS) is 35.7. The summed E-state index contributed by atoms with van der Waals surface area (Å²) in [6, 6.07) is 18.9. The molecule has 0 aromatic heterocycles. The van der Waals surface area contributed by atoms with E-state index in [1.165, 1.54) is 0 Å². The van der Waals surface area contributed by atoms with Gasteiger partial charge in [-0.15, -0.1) is 0 Å². The molecule has 1 aliphatic carbocycles. The number of benzene rings is 4.